The number of carboxylic acids is 1. The quantitative estimate of drug-likeness (QED) is 0.750. The highest BCUT2D eigenvalue weighted by Gasteiger charge is 2.16. The fraction of sp³-hybridized carbons (Fsp3) is 0.0667. The highest BCUT2D eigenvalue weighted by Crippen LogP contribution is 2.28. The van der Waals surface area contributed by atoms with Crippen molar-refractivity contribution in [3.63, 3.8) is 0 Å². The first-order valence-corrected chi connectivity index (χ1v) is 7.83. The molecule has 0 fully saturated rings. The van der Waals surface area contributed by atoms with Crippen molar-refractivity contribution in [1.29, 1.82) is 0 Å². The van der Waals surface area contributed by atoms with Crippen LogP contribution in [-0.4, -0.2) is 23.6 Å². The van der Waals surface area contributed by atoms with Gasteiger partial charge in [-0.05, 0) is 46.3 Å². The van der Waals surface area contributed by atoms with Crippen molar-refractivity contribution in [3.8, 4) is 5.75 Å². The second-order valence-electron chi connectivity index (χ2n) is 4.38. The fourth-order valence-electron chi connectivity index (χ4n) is 1.74. The lowest BCUT2D eigenvalue weighted by Gasteiger charge is -2.12. The number of ether oxygens (including phenoxy) is 1. The topological polar surface area (TPSA) is 75.6 Å². The summed E-state index contributed by atoms with van der Waals surface area (Å²) in [7, 11) is 0. The molecule has 0 radical (unpaired) electrons. The van der Waals surface area contributed by atoms with Crippen LogP contribution in [0.3, 0.4) is 0 Å². The number of hydrogen-bond donors (Lipinski definition) is 2. The lowest BCUT2D eigenvalue weighted by molar-refractivity contribution is -0.118. The first kappa shape index (κ1) is 17.6. The van der Waals surface area contributed by atoms with Gasteiger partial charge in [-0.15, -0.1) is 0 Å². The molecule has 2 rings (SSSR count). The molecule has 0 atom stereocenters. The van der Waals surface area contributed by atoms with Crippen LogP contribution in [0, 0.1) is 0 Å². The summed E-state index contributed by atoms with van der Waals surface area (Å²) in [5.74, 6) is -1.37. The van der Waals surface area contributed by atoms with Gasteiger partial charge in [0.2, 0.25) is 0 Å². The van der Waals surface area contributed by atoms with Crippen molar-refractivity contribution in [2.24, 2.45) is 0 Å². The van der Waals surface area contributed by atoms with Crippen LogP contribution in [0.4, 0.5) is 5.69 Å². The minimum Gasteiger partial charge on any atom is -0.482 e. The van der Waals surface area contributed by atoms with E-state index < -0.39 is 11.9 Å². The third kappa shape index (κ3) is 4.60. The minimum atomic E-state index is -1.15. The number of carbonyl (C=O) groups is 2. The molecule has 0 spiro atoms. The summed E-state index contributed by atoms with van der Waals surface area (Å²) in [4.78, 5) is 23.2. The number of carbonyl (C=O) groups excluding carboxylic acids is 1. The van der Waals surface area contributed by atoms with E-state index in [-0.39, 0.29) is 22.9 Å². The van der Waals surface area contributed by atoms with Gasteiger partial charge in [0.1, 0.15) is 5.75 Å². The summed E-state index contributed by atoms with van der Waals surface area (Å²) >= 11 is 14.9. The maximum absolute atomic E-state index is 12.0. The van der Waals surface area contributed by atoms with E-state index in [2.05, 4.69) is 21.2 Å². The molecular weight excluding hydrogens is 409 g/mol. The number of benzene rings is 2. The van der Waals surface area contributed by atoms with E-state index >= 15 is 0 Å². The summed E-state index contributed by atoms with van der Waals surface area (Å²) in [5.41, 5.74) is 0.132. The lowest BCUT2D eigenvalue weighted by Crippen LogP contribution is -2.22. The zero-order chi connectivity index (χ0) is 17.0. The van der Waals surface area contributed by atoms with Gasteiger partial charge in [0.25, 0.3) is 5.91 Å². The summed E-state index contributed by atoms with van der Waals surface area (Å²) in [6, 6.07) is 9.19. The largest absolute Gasteiger partial charge is 0.482 e. The SMILES string of the molecule is O=C(COc1ccc(Cl)cc1Cl)Nc1c(Br)cccc1C(=O)O. The van der Waals surface area contributed by atoms with Crippen molar-refractivity contribution < 1.29 is 19.4 Å². The molecule has 0 saturated heterocycles. The van der Waals surface area contributed by atoms with Crippen LogP contribution in [0.2, 0.25) is 10.0 Å². The Morgan fingerprint density at radius 2 is 1.96 bits per heavy atom. The molecule has 0 saturated carbocycles. The number of anilines is 1. The Labute approximate surface area is 150 Å². The molecule has 0 aliphatic rings. The van der Waals surface area contributed by atoms with E-state index in [9.17, 15) is 9.59 Å². The van der Waals surface area contributed by atoms with Crippen molar-refractivity contribution in [3.05, 3.63) is 56.5 Å². The molecule has 5 nitrogen and oxygen atoms in total. The average Bonchev–Trinajstić information content (AvgIpc) is 2.48. The number of carboxylic acid groups (broad SMARTS) is 1. The number of hydrogen-bond acceptors (Lipinski definition) is 3. The zero-order valence-electron chi connectivity index (χ0n) is 11.5. The Morgan fingerprint density at radius 3 is 2.61 bits per heavy atom. The predicted molar refractivity (Wildman–Crippen MR) is 91.7 cm³/mol. The second-order valence-corrected chi connectivity index (χ2v) is 6.08. The maximum atomic E-state index is 12.0. The number of rotatable bonds is 5. The number of amides is 1. The predicted octanol–water partition coefficient (Wildman–Crippen LogP) is 4.47. The van der Waals surface area contributed by atoms with E-state index in [1.165, 1.54) is 12.1 Å². The molecule has 23 heavy (non-hydrogen) atoms. The Morgan fingerprint density at radius 1 is 1.22 bits per heavy atom. The van der Waals surface area contributed by atoms with Gasteiger partial charge in [0.15, 0.2) is 6.61 Å². The molecule has 0 bridgehead atoms. The second kappa shape index (κ2) is 7.68. The van der Waals surface area contributed by atoms with Gasteiger partial charge in [-0.2, -0.15) is 0 Å². The molecule has 0 aliphatic carbocycles. The Hall–Kier alpha value is -1.76. The Bertz CT molecular complexity index is 767. The van der Waals surface area contributed by atoms with Crippen LogP contribution >= 0.6 is 39.1 Å². The van der Waals surface area contributed by atoms with Crippen LogP contribution < -0.4 is 10.1 Å². The van der Waals surface area contributed by atoms with E-state index in [1.54, 1.807) is 24.3 Å². The summed E-state index contributed by atoms with van der Waals surface area (Å²) < 4.78 is 5.75. The molecule has 0 aromatic heterocycles. The molecule has 120 valence electrons. The number of nitrogens with one attached hydrogen (secondary N) is 1. The fourth-order valence-corrected chi connectivity index (χ4v) is 2.67. The van der Waals surface area contributed by atoms with Gasteiger partial charge in [-0.1, -0.05) is 29.3 Å². The molecule has 2 N–H and O–H groups in total. The molecule has 8 heteroatoms. The molecule has 2 aromatic rings. The van der Waals surface area contributed by atoms with E-state index in [0.29, 0.717) is 15.2 Å². The van der Waals surface area contributed by atoms with Crippen LogP contribution in [0.5, 0.6) is 5.75 Å². The van der Waals surface area contributed by atoms with Gasteiger partial charge >= 0.3 is 5.97 Å². The monoisotopic (exact) mass is 417 g/mol. The molecule has 1 amide bonds. The average molecular weight is 419 g/mol. The van der Waals surface area contributed by atoms with Crippen LogP contribution in [0.25, 0.3) is 0 Å². The highest BCUT2D eigenvalue weighted by atomic mass is 79.9. The molecule has 0 unspecified atom stereocenters. The van der Waals surface area contributed by atoms with Crippen molar-refractivity contribution >= 4 is 56.7 Å². The van der Waals surface area contributed by atoms with Crippen LogP contribution in [-0.2, 0) is 4.79 Å². The number of aromatic carboxylic acids is 1. The number of para-hydroxylation sites is 1. The normalized spacial score (nSPS) is 10.2. The molecule has 2 aromatic carbocycles. The van der Waals surface area contributed by atoms with Crippen molar-refractivity contribution in [2.75, 3.05) is 11.9 Å². The first-order valence-electron chi connectivity index (χ1n) is 6.28. The zero-order valence-corrected chi connectivity index (χ0v) is 14.6. The van der Waals surface area contributed by atoms with Crippen molar-refractivity contribution in [1.82, 2.24) is 0 Å². The Kier molecular flexibility index (Phi) is 5.87. The molecule has 0 heterocycles. The van der Waals surface area contributed by atoms with E-state index in [4.69, 9.17) is 33.0 Å². The summed E-state index contributed by atoms with van der Waals surface area (Å²) in [5, 5.41) is 12.4. The lowest BCUT2D eigenvalue weighted by atomic mass is 10.2. The van der Waals surface area contributed by atoms with Crippen LogP contribution in [0.15, 0.2) is 40.9 Å². The maximum Gasteiger partial charge on any atom is 0.337 e. The minimum absolute atomic E-state index is 0.0303. The number of halogens is 3. The van der Waals surface area contributed by atoms with Gasteiger partial charge in [-0.3, -0.25) is 4.79 Å². The summed E-state index contributed by atoms with van der Waals surface area (Å²) in [6.07, 6.45) is 0. The van der Waals surface area contributed by atoms with E-state index in [0.717, 1.165) is 0 Å². The standard InChI is InChI=1S/C15H10BrCl2NO4/c16-10-3-1-2-9(15(21)22)14(10)19-13(20)7-23-12-5-4-8(17)6-11(12)18/h1-6H,7H2,(H,19,20)(H,21,22). The van der Waals surface area contributed by atoms with Crippen molar-refractivity contribution in [2.45, 2.75) is 0 Å². The first-order chi connectivity index (χ1) is 10.9. The van der Waals surface area contributed by atoms with Crippen LogP contribution in [0.1, 0.15) is 10.4 Å². The molecule has 0 aliphatic heterocycles. The Balaban J connectivity index is 2.07. The van der Waals surface area contributed by atoms with Gasteiger partial charge in [-0.25, -0.2) is 4.79 Å². The van der Waals surface area contributed by atoms with Gasteiger partial charge < -0.3 is 15.2 Å². The summed E-state index contributed by atoms with van der Waals surface area (Å²) in [6.45, 7) is -0.332. The van der Waals surface area contributed by atoms with Gasteiger partial charge in [0, 0.05) is 9.50 Å². The highest BCUT2D eigenvalue weighted by molar-refractivity contribution is 9.10. The smallest absolute Gasteiger partial charge is 0.337 e. The van der Waals surface area contributed by atoms with E-state index in [1.807, 2.05) is 0 Å². The third-order valence-corrected chi connectivity index (χ3v) is 3.95. The molecular formula is C15H10BrCl2NO4. The third-order valence-electron chi connectivity index (χ3n) is 2.76. The van der Waals surface area contributed by atoms with Gasteiger partial charge in [0.05, 0.1) is 16.3 Å².